The number of nitriles is 1. The highest BCUT2D eigenvalue weighted by atomic mass is 32.2. The molecule has 0 atom stereocenters. The van der Waals surface area contributed by atoms with Crippen molar-refractivity contribution in [3.8, 4) is 23.2 Å². The number of hydrogen-bond acceptors (Lipinski definition) is 8. The molecule has 3 N–H and O–H groups in total. The zero-order chi connectivity index (χ0) is 21.8. The number of thiophene rings is 1. The first-order chi connectivity index (χ1) is 15.1. The van der Waals surface area contributed by atoms with Crippen LogP contribution in [0.4, 0.5) is 5.00 Å². The Bertz CT molecular complexity index is 1130. The number of aromatic nitrogens is 3. The standard InChI is InChI=1S/C21H22N6O2S2/c1-29-14-9-7-13(8-10-14)19-25-26-21(27(19)23)30-12-18(28)24-20-16(11-22)15-5-3-2-4-6-17(15)31-20/h7-10H,2-6,12,23H2,1H3,(H,24,28). The van der Waals surface area contributed by atoms with Crippen molar-refractivity contribution in [1.29, 1.82) is 5.26 Å². The number of fused-ring (bicyclic) bond motifs is 1. The Hall–Kier alpha value is -3.03. The normalized spacial score (nSPS) is 13.2. The van der Waals surface area contributed by atoms with E-state index in [2.05, 4.69) is 21.6 Å². The van der Waals surface area contributed by atoms with E-state index in [0.717, 1.165) is 42.6 Å². The first-order valence-corrected chi connectivity index (χ1v) is 11.7. The summed E-state index contributed by atoms with van der Waals surface area (Å²) in [5, 5.41) is 21.8. The Kier molecular flexibility index (Phi) is 6.44. The third-order valence-corrected chi connectivity index (χ3v) is 7.28. The molecule has 2 heterocycles. The smallest absolute Gasteiger partial charge is 0.235 e. The van der Waals surface area contributed by atoms with Gasteiger partial charge in [0.05, 0.1) is 18.4 Å². The summed E-state index contributed by atoms with van der Waals surface area (Å²) in [4.78, 5) is 13.8. The number of hydrogen-bond donors (Lipinski definition) is 2. The lowest BCUT2D eigenvalue weighted by molar-refractivity contribution is -0.113. The van der Waals surface area contributed by atoms with Gasteiger partial charge in [0, 0.05) is 10.4 Å². The third kappa shape index (κ3) is 4.52. The molecule has 1 aromatic carbocycles. The van der Waals surface area contributed by atoms with Crippen LogP contribution in [0.25, 0.3) is 11.4 Å². The van der Waals surface area contributed by atoms with Crippen molar-refractivity contribution in [2.24, 2.45) is 0 Å². The van der Waals surface area contributed by atoms with Crippen molar-refractivity contribution in [2.75, 3.05) is 24.0 Å². The Morgan fingerprint density at radius 1 is 1.29 bits per heavy atom. The van der Waals surface area contributed by atoms with Crippen LogP contribution in [-0.2, 0) is 17.6 Å². The van der Waals surface area contributed by atoms with Gasteiger partial charge in [-0.15, -0.1) is 21.5 Å². The van der Waals surface area contributed by atoms with Crippen LogP contribution in [0.1, 0.15) is 35.3 Å². The molecule has 2 aromatic heterocycles. The number of methoxy groups -OCH3 is 1. The van der Waals surface area contributed by atoms with Gasteiger partial charge in [-0.3, -0.25) is 4.79 Å². The van der Waals surface area contributed by atoms with E-state index >= 15 is 0 Å². The van der Waals surface area contributed by atoms with E-state index < -0.39 is 0 Å². The molecule has 3 aromatic rings. The molecule has 0 spiro atoms. The van der Waals surface area contributed by atoms with Gasteiger partial charge in [0.2, 0.25) is 11.1 Å². The van der Waals surface area contributed by atoms with Gasteiger partial charge in [-0.05, 0) is 55.5 Å². The van der Waals surface area contributed by atoms with Gasteiger partial charge in [0.25, 0.3) is 0 Å². The molecule has 0 aliphatic heterocycles. The van der Waals surface area contributed by atoms with Crippen LogP contribution < -0.4 is 15.9 Å². The van der Waals surface area contributed by atoms with Crippen LogP contribution in [0.3, 0.4) is 0 Å². The van der Waals surface area contributed by atoms with Crippen molar-refractivity contribution in [2.45, 2.75) is 37.3 Å². The molecule has 10 heteroatoms. The summed E-state index contributed by atoms with van der Waals surface area (Å²) in [6.45, 7) is 0. The number of nitrogens with two attached hydrogens (primary N) is 1. The number of nitrogen functional groups attached to an aromatic ring is 1. The van der Waals surface area contributed by atoms with E-state index in [1.165, 1.54) is 39.1 Å². The Morgan fingerprint density at radius 3 is 2.81 bits per heavy atom. The summed E-state index contributed by atoms with van der Waals surface area (Å²) >= 11 is 2.72. The molecule has 8 nitrogen and oxygen atoms in total. The molecule has 1 aliphatic carbocycles. The fourth-order valence-corrected chi connectivity index (χ4v) is 5.47. The van der Waals surface area contributed by atoms with Gasteiger partial charge in [0.15, 0.2) is 5.82 Å². The summed E-state index contributed by atoms with van der Waals surface area (Å²) < 4.78 is 6.53. The van der Waals surface area contributed by atoms with Crippen LogP contribution in [-0.4, -0.2) is 33.6 Å². The Morgan fingerprint density at radius 2 is 2.06 bits per heavy atom. The molecule has 1 amide bonds. The molecule has 0 unspecified atom stereocenters. The highest BCUT2D eigenvalue weighted by Crippen LogP contribution is 2.37. The highest BCUT2D eigenvalue weighted by Gasteiger charge is 2.21. The van der Waals surface area contributed by atoms with Gasteiger partial charge < -0.3 is 15.9 Å². The second-order valence-electron chi connectivity index (χ2n) is 7.12. The van der Waals surface area contributed by atoms with Gasteiger partial charge in [-0.2, -0.15) is 5.26 Å². The fourth-order valence-electron chi connectivity index (χ4n) is 3.55. The number of amides is 1. The molecular formula is C21H22N6O2S2. The fraction of sp³-hybridized carbons (Fsp3) is 0.333. The average molecular weight is 455 g/mol. The van der Waals surface area contributed by atoms with Gasteiger partial charge >= 0.3 is 0 Å². The summed E-state index contributed by atoms with van der Waals surface area (Å²) in [5.41, 5.74) is 2.52. The number of ether oxygens (including phenoxy) is 1. The van der Waals surface area contributed by atoms with Crippen LogP contribution >= 0.6 is 23.1 Å². The Labute approximate surface area is 188 Å². The molecule has 31 heavy (non-hydrogen) atoms. The maximum atomic E-state index is 12.5. The maximum absolute atomic E-state index is 12.5. The van der Waals surface area contributed by atoms with E-state index in [1.807, 2.05) is 24.3 Å². The summed E-state index contributed by atoms with van der Waals surface area (Å²) in [5.74, 6) is 7.29. The first kappa shape index (κ1) is 21.2. The number of nitrogens with zero attached hydrogens (tertiary/aromatic N) is 4. The van der Waals surface area contributed by atoms with E-state index in [1.54, 1.807) is 7.11 Å². The van der Waals surface area contributed by atoms with E-state index in [9.17, 15) is 10.1 Å². The van der Waals surface area contributed by atoms with Crippen LogP contribution in [0, 0.1) is 11.3 Å². The van der Waals surface area contributed by atoms with Crippen molar-refractivity contribution < 1.29 is 9.53 Å². The molecule has 0 bridgehead atoms. The molecule has 0 saturated heterocycles. The first-order valence-electron chi connectivity index (χ1n) is 9.93. The number of aryl methyl sites for hydroxylation is 1. The van der Waals surface area contributed by atoms with Gasteiger partial charge in [-0.25, -0.2) is 4.68 Å². The monoisotopic (exact) mass is 454 g/mol. The van der Waals surface area contributed by atoms with E-state index in [0.29, 0.717) is 21.5 Å². The highest BCUT2D eigenvalue weighted by molar-refractivity contribution is 7.99. The van der Waals surface area contributed by atoms with Gasteiger partial charge in [0.1, 0.15) is 16.8 Å². The number of nitrogens with one attached hydrogen (secondary N) is 1. The van der Waals surface area contributed by atoms with E-state index in [4.69, 9.17) is 10.6 Å². The van der Waals surface area contributed by atoms with Crippen molar-refractivity contribution in [3.63, 3.8) is 0 Å². The lowest BCUT2D eigenvalue weighted by Crippen LogP contribution is -2.16. The maximum Gasteiger partial charge on any atom is 0.235 e. The second kappa shape index (κ2) is 9.41. The summed E-state index contributed by atoms with van der Waals surface area (Å²) in [7, 11) is 1.60. The van der Waals surface area contributed by atoms with Crippen LogP contribution in [0.2, 0.25) is 0 Å². The minimum atomic E-state index is -0.202. The Balaban J connectivity index is 1.42. The lowest BCUT2D eigenvalue weighted by atomic mass is 10.1. The summed E-state index contributed by atoms with van der Waals surface area (Å²) in [6, 6.07) is 9.61. The molecule has 4 rings (SSSR count). The number of benzene rings is 1. The second-order valence-corrected chi connectivity index (χ2v) is 9.17. The largest absolute Gasteiger partial charge is 0.497 e. The molecule has 0 saturated carbocycles. The number of carbonyl (C=O) groups excluding carboxylic acids is 1. The summed E-state index contributed by atoms with van der Waals surface area (Å²) in [6.07, 6.45) is 5.28. The molecular weight excluding hydrogens is 432 g/mol. The average Bonchev–Trinajstić information content (AvgIpc) is 3.22. The number of anilines is 1. The quantitative estimate of drug-likeness (QED) is 0.332. The zero-order valence-corrected chi connectivity index (χ0v) is 18.7. The third-order valence-electron chi connectivity index (χ3n) is 5.13. The minimum Gasteiger partial charge on any atom is -0.497 e. The van der Waals surface area contributed by atoms with Gasteiger partial charge in [-0.1, -0.05) is 18.2 Å². The lowest BCUT2D eigenvalue weighted by Gasteiger charge is -2.05. The zero-order valence-electron chi connectivity index (χ0n) is 17.1. The molecule has 0 fully saturated rings. The molecule has 160 valence electrons. The van der Waals surface area contributed by atoms with E-state index in [-0.39, 0.29) is 11.7 Å². The predicted octanol–water partition coefficient (Wildman–Crippen LogP) is 3.60. The number of thioether (sulfide) groups is 1. The SMILES string of the molecule is COc1ccc(-c2nnc(SCC(=O)Nc3sc4c(c3C#N)CCCCC4)n2N)cc1. The number of rotatable bonds is 6. The van der Waals surface area contributed by atoms with Crippen LogP contribution in [0.5, 0.6) is 5.75 Å². The molecule has 0 radical (unpaired) electrons. The number of carbonyl (C=O) groups is 1. The van der Waals surface area contributed by atoms with Crippen molar-refractivity contribution in [3.05, 3.63) is 40.3 Å². The van der Waals surface area contributed by atoms with Crippen molar-refractivity contribution in [1.82, 2.24) is 14.9 Å². The minimum absolute atomic E-state index is 0.116. The molecule has 1 aliphatic rings. The van der Waals surface area contributed by atoms with Crippen LogP contribution in [0.15, 0.2) is 29.4 Å². The predicted molar refractivity (Wildman–Crippen MR) is 122 cm³/mol. The van der Waals surface area contributed by atoms with Crippen molar-refractivity contribution >= 4 is 34.0 Å². The topological polar surface area (TPSA) is 119 Å².